The molecule has 1 aliphatic carbocycles. The van der Waals surface area contributed by atoms with Gasteiger partial charge in [0.15, 0.2) is 0 Å². The minimum Gasteiger partial charge on any atom is -0.508 e. The lowest BCUT2D eigenvalue weighted by Crippen LogP contribution is -2.35. The molecule has 0 bridgehead atoms. The van der Waals surface area contributed by atoms with Crippen molar-refractivity contribution in [2.45, 2.75) is 30.8 Å². The zero-order chi connectivity index (χ0) is 19.1. The number of aromatic nitrogens is 4. The second-order valence-corrected chi connectivity index (χ2v) is 7.10. The van der Waals surface area contributed by atoms with Gasteiger partial charge >= 0.3 is 0 Å². The molecule has 3 rings (SSSR count). The number of carbonyl (C=O) groups excluding carboxylic acids is 1. The number of hydrogen-bond donors (Lipinski definition) is 1. The van der Waals surface area contributed by atoms with Crippen molar-refractivity contribution in [1.82, 2.24) is 25.1 Å². The van der Waals surface area contributed by atoms with Crippen LogP contribution in [0.4, 0.5) is 0 Å². The van der Waals surface area contributed by atoms with Crippen LogP contribution in [0.3, 0.4) is 0 Å². The smallest absolute Gasteiger partial charge is 0.237 e. The van der Waals surface area contributed by atoms with Gasteiger partial charge in [0.25, 0.3) is 0 Å². The van der Waals surface area contributed by atoms with Crippen LogP contribution in [0, 0.1) is 0 Å². The summed E-state index contributed by atoms with van der Waals surface area (Å²) < 4.78 is 6.72. The molecule has 0 unspecified atom stereocenters. The lowest BCUT2D eigenvalue weighted by molar-refractivity contribution is -0.127. The van der Waals surface area contributed by atoms with E-state index in [0.29, 0.717) is 18.3 Å². The molecule has 8 nitrogen and oxygen atoms in total. The predicted molar refractivity (Wildman–Crippen MR) is 102 cm³/mol. The number of benzene rings is 1. The van der Waals surface area contributed by atoms with Crippen LogP contribution in [0.1, 0.15) is 25.7 Å². The molecule has 1 heterocycles. The number of tetrazole rings is 1. The molecule has 0 fully saturated rings. The Kier molecular flexibility index (Phi) is 6.83. The fourth-order valence-corrected chi connectivity index (χ4v) is 3.67. The maximum Gasteiger partial charge on any atom is 0.237 e. The summed E-state index contributed by atoms with van der Waals surface area (Å²) in [6, 6.07) is 6.57. The highest BCUT2D eigenvalue weighted by Crippen LogP contribution is 2.24. The van der Waals surface area contributed by atoms with Crippen molar-refractivity contribution in [3.63, 3.8) is 0 Å². The first kappa shape index (κ1) is 19.4. The van der Waals surface area contributed by atoms with Crippen molar-refractivity contribution in [2.24, 2.45) is 0 Å². The Bertz CT molecular complexity index is 791. The Labute approximate surface area is 162 Å². The highest BCUT2D eigenvalue weighted by atomic mass is 32.2. The molecule has 1 amide bonds. The minimum absolute atomic E-state index is 0.0189. The van der Waals surface area contributed by atoms with Crippen LogP contribution < -0.4 is 0 Å². The van der Waals surface area contributed by atoms with E-state index in [2.05, 4.69) is 21.6 Å². The zero-order valence-corrected chi connectivity index (χ0v) is 16.1. The van der Waals surface area contributed by atoms with Crippen molar-refractivity contribution < 1.29 is 14.6 Å². The van der Waals surface area contributed by atoms with Crippen LogP contribution in [0.2, 0.25) is 0 Å². The first-order valence-electron chi connectivity index (χ1n) is 8.88. The van der Waals surface area contributed by atoms with Crippen molar-refractivity contribution in [2.75, 3.05) is 26.0 Å². The Morgan fingerprint density at radius 3 is 2.85 bits per heavy atom. The lowest BCUT2D eigenvalue weighted by atomic mass is 10.0. The number of rotatable bonds is 8. The summed E-state index contributed by atoms with van der Waals surface area (Å²) in [6.07, 6.45) is 6.37. The van der Waals surface area contributed by atoms with E-state index in [4.69, 9.17) is 4.74 Å². The quantitative estimate of drug-likeness (QED) is 0.693. The van der Waals surface area contributed by atoms with Gasteiger partial charge in [-0.05, 0) is 60.4 Å². The fraction of sp³-hybridized carbons (Fsp3) is 0.444. The fourth-order valence-electron chi connectivity index (χ4n) is 2.91. The molecule has 0 aliphatic heterocycles. The minimum atomic E-state index is 0.0189. The highest BCUT2D eigenvalue weighted by Gasteiger charge is 2.21. The summed E-state index contributed by atoms with van der Waals surface area (Å²) in [7, 11) is 1.64. The van der Waals surface area contributed by atoms with Crippen molar-refractivity contribution in [3.8, 4) is 11.4 Å². The van der Waals surface area contributed by atoms with Gasteiger partial charge in [0.2, 0.25) is 11.1 Å². The van der Waals surface area contributed by atoms with Gasteiger partial charge in [0.1, 0.15) is 5.75 Å². The summed E-state index contributed by atoms with van der Waals surface area (Å²) in [5, 5.41) is 21.6. The average molecular weight is 389 g/mol. The van der Waals surface area contributed by atoms with Crippen molar-refractivity contribution in [3.05, 3.63) is 36.0 Å². The Morgan fingerprint density at radius 1 is 1.33 bits per heavy atom. The third-order valence-corrected chi connectivity index (χ3v) is 5.20. The van der Waals surface area contributed by atoms with Crippen LogP contribution in [0.15, 0.2) is 41.2 Å². The molecule has 144 valence electrons. The van der Waals surface area contributed by atoms with Crippen molar-refractivity contribution in [1.29, 1.82) is 0 Å². The third-order valence-electron chi connectivity index (χ3n) is 4.29. The SMILES string of the molecule is COCCN(C(=O)CSc1nnnn1-c1ccc(O)cc1)C1=CCCCC1. The number of phenols is 1. The molecule has 1 aliphatic rings. The molecule has 0 radical (unpaired) electrons. The van der Waals surface area contributed by atoms with E-state index < -0.39 is 0 Å². The first-order valence-corrected chi connectivity index (χ1v) is 9.86. The van der Waals surface area contributed by atoms with Gasteiger partial charge in [0.05, 0.1) is 18.0 Å². The van der Waals surface area contributed by atoms with Gasteiger partial charge in [0, 0.05) is 19.4 Å². The molecule has 0 spiro atoms. The molecule has 27 heavy (non-hydrogen) atoms. The number of phenolic OH excluding ortho intramolecular Hbond substituents is 1. The summed E-state index contributed by atoms with van der Waals surface area (Å²) in [4.78, 5) is 14.7. The number of aromatic hydroxyl groups is 1. The number of carbonyl (C=O) groups is 1. The van der Waals surface area contributed by atoms with Crippen LogP contribution in [-0.2, 0) is 9.53 Å². The number of methoxy groups -OCH3 is 1. The molecule has 9 heteroatoms. The largest absolute Gasteiger partial charge is 0.508 e. The van der Waals surface area contributed by atoms with Gasteiger partial charge in [-0.25, -0.2) is 0 Å². The molecular formula is C18H23N5O3S. The molecule has 0 atom stereocenters. The van der Waals surface area contributed by atoms with E-state index in [0.717, 1.165) is 30.6 Å². The molecule has 1 aromatic carbocycles. The van der Waals surface area contributed by atoms with Gasteiger partial charge in [-0.2, -0.15) is 4.68 Å². The molecule has 0 saturated heterocycles. The number of ether oxygens (including phenoxy) is 1. The van der Waals surface area contributed by atoms with Gasteiger partial charge in [-0.15, -0.1) is 5.10 Å². The zero-order valence-electron chi connectivity index (χ0n) is 15.2. The predicted octanol–water partition coefficient (Wildman–Crippen LogP) is 2.39. The van der Waals surface area contributed by atoms with Crippen molar-refractivity contribution >= 4 is 17.7 Å². The van der Waals surface area contributed by atoms with E-state index in [1.807, 2.05) is 4.90 Å². The number of thioether (sulfide) groups is 1. The van der Waals surface area contributed by atoms with Gasteiger partial charge in [-0.1, -0.05) is 17.8 Å². The first-order chi connectivity index (χ1) is 13.2. The van der Waals surface area contributed by atoms with E-state index in [1.54, 1.807) is 36.1 Å². The van der Waals surface area contributed by atoms with Crippen LogP contribution in [0.25, 0.3) is 5.69 Å². The summed E-state index contributed by atoms with van der Waals surface area (Å²) >= 11 is 1.29. The molecule has 1 N–H and O–H groups in total. The summed E-state index contributed by atoms with van der Waals surface area (Å²) in [5.41, 5.74) is 1.81. The van der Waals surface area contributed by atoms with E-state index in [1.165, 1.54) is 18.2 Å². The normalized spacial score (nSPS) is 14.0. The van der Waals surface area contributed by atoms with Crippen LogP contribution in [-0.4, -0.2) is 62.1 Å². The second-order valence-electron chi connectivity index (χ2n) is 6.16. The number of nitrogens with zero attached hydrogens (tertiary/aromatic N) is 5. The monoisotopic (exact) mass is 389 g/mol. The average Bonchev–Trinajstić information content (AvgIpc) is 3.16. The van der Waals surface area contributed by atoms with E-state index in [-0.39, 0.29) is 17.4 Å². The Balaban J connectivity index is 1.68. The topological polar surface area (TPSA) is 93.4 Å². The lowest BCUT2D eigenvalue weighted by Gasteiger charge is -2.27. The maximum atomic E-state index is 12.8. The van der Waals surface area contributed by atoms with Crippen LogP contribution in [0.5, 0.6) is 5.75 Å². The summed E-state index contributed by atoms with van der Waals surface area (Å²) in [6.45, 7) is 1.05. The molecule has 1 aromatic heterocycles. The standard InChI is InChI=1S/C18H23N5O3S/c1-26-12-11-22(14-5-3-2-4-6-14)17(25)13-27-18-19-20-21-23(18)15-7-9-16(24)10-8-15/h5,7-10,24H,2-4,6,11-13H2,1H3. The molecule has 2 aromatic rings. The summed E-state index contributed by atoms with van der Waals surface area (Å²) in [5.74, 6) is 0.427. The van der Waals surface area contributed by atoms with Gasteiger partial charge in [-0.3, -0.25) is 4.79 Å². The highest BCUT2D eigenvalue weighted by molar-refractivity contribution is 7.99. The van der Waals surface area contributed by atoms with E-state index in [9.17, 15) is 9.90 Å². The Hall–Kier alpha value is -2.39. The van der Waals surface area contributed by atoms with Crippen LogP contribution >= 0.6 is 11.8 Å². The van der Waals surface area contributed by atoms with E-state index >= 15 is 0 Å². The molecule has 0 saturated carbocycles. The number of allylic oxidation sites excluding steroid dienone is 2. The maximum absolute atomic E-state index is 12.8. The molecular weight excluding hydrogens is 366 g/mol. The Morgan fingerprint density at radius 2 is 2.15 bits per heavy atom. The third kappa shape index (κ3) is 5.08. The number of amides is 1. The second kappa shape index (κ2) is 9.52. The number of hydrogen-bond acceptors (Lipinski definition) is 7. The van der Waals surface area contributed by atoms with Gasteiger partial charge < -0.3 is 14.7 Å².